The molecule has 0 spiro atoms. The minimum Gasteiger partial charge on any atom is -0.453 e. The standard InChI is InChI=1S/C50H56F2N8O7/c1-25(2)41(56-48(64)66-5)46(62)59-19-7-9-38(59)43-53-24-37(55-43)28-13-11-27(12-14-28)31-18-17-30(33-22-35-34(40(31)33)23-50(35,51)52)29-15-16-32-36(21-29)54-44(58-45(32)61)39-10-8-20-60(39)47(63)42(26(3)4)57-49(65)67-6/h11-18,21,24-26,34-35,38-39,41-42H,7-10,19-20,22-23H2,1-6H3,(H,53,55)(H,56,64)(H,57,65)(H,54,58,61)/t34?,35?,38-,39-,41-,42-/m0/s1. The predicted molar refractivity (Wildman–Crippen MR) is 246 cm³/mol. The first kappa shape index (κ1) is 45.5. The first-order valence-electron chi connectivity index (χ1n) is 23.1. The normalized spacial score (nSPS) is 21.5. The summed E-state index contributed by atoms with van der Waals surface area (Å²) in [5, 5.41) is 5.69. The molecular formula is C50H56F2N8O7. The zero-order valence-electron chi connectivity index (χ0n) is 38.5. The second-order valence-electron chi connectivity index (χ2n) is 19.0. The maximum absolute atomic E-state index is 15.2. The van der Waals surface area contributed by atoms with Crippen LogP contribution in [0.1, 0.15) is 101 Å². The number of halogens is 2. The molecule has 2 aliphatic carbocycles. The molecule has 4 aliphatic rings. The zero-order valence-corrected chi connectivity index (χ0v) is 38.5. The van der Waals surface area contributed by atoms with Crippen LogP contribution in [0.2, 0.25) is 0 Å². The third-order valence-corrected chi connectivity index (χ3v) is 14.3. The summed E-state index contributed by atoms with van der Waals surface area (Å²) in [6.07, 6.45) is 3.12. The van der Waals surface area contributed by atoms with Gasteiger partial charge in [0.2, 0.25) is 11.8 Å². The molecule has 3 aromatic carbocycles. The zero-order chi connectivity index (χ0) is 47.5. The molecule has 4 N–H and O–H groups in total. The van der Waals surface area contributed by atoms with Crippen molar-refractivity contribution in [2.24, 2.45) is 17.8 Å². The number of amides is 4. The number of H-pyrrole nitrogens is 2. The highest BCUT2D eigenvalue weighted by molar-refractivity contribution is 5.89. The Morgan fingerprint density at radius 1 is 0.761 bits per heavy atom. The van der Waals surface area contributed by atoms with E-state index in [1.807, 2.05) is 76.2 Å². The summed E-state index contributed by atoms with van der Waals surface area (Å²) in [4.78, 5) is 84.6. The van der Waals surface area contributed by atoms with Crippen LogP contribution in [0.5, 0.6) is 0 Å². The highest BCUT2D eigenvalue weighted by atomic mass is 19.3. The quantitative estimate of drug-likeness (QED) is 0.102. The molecule has 9 rings (SSSR count). The Kier molecular flexibility index (Phi) is 12.1. The van der Waals surface area contributed by atoms with Crippen molar-refractivity contribution in [1.29, 1.82) is 0 Å². The Morgan fingerprint density at radius 2 is 1.33 bits per heavy atom. The van der Waals surface area contributed by atoms with Crippen molar-refractivity contribution in [3.8, 4) is 33.5 Å². The average Bonchev–Trinajstić information content (AvgIpc) is 4.15. The third kappa shape index (κ3) is 8.30. The monoisotopic (exact) mass is 918 g/mol. The second kappa shape index (κ2) is 17.9. The van der Waals surface area contributed by atoms with Gasteiger partial charge < -0.3 is 39.9 Å². The molecule has 1 saturated carbocycles. The number of rotatable bonds is 11. The molecule has 2 aromatic heterocycles. The van der Waals surface area contributed by atoms with Crippen molar-refractivity contribution in [1.82, 2.24) is 40.4 Å². The lowest BCUT2D eigenvalue weighted by atomic mass is 9.69. The van der Waals surface area contributed by atoms with Crippen molar-refractivity contribution in [3.63, 3.8) is 0 Å². The number of aromatic amines is 2. The van der Waals surface area contributed by atoms with Gasteiger partial charge in [0.25, 0.3) is 11.5 Å². The van der Waals surface area contributed by atoms with Crippen LogP contribution in [0.3, 0.4) is 0 Å². The number of hydrogen-bond acceptors (Lipinski definition) is 9. The Balaban J connectivity index is 0.994. The molecule has 0 bridgehead atoms. The molecule has 0 radical (unpaired) electrons. The Bertz CT molecular complexity index is 2810. The number of ether oxygens (including phenoxy) is 2. The molecule has 67 heavy (non-hydrogen) atoms. The Labute approximate surface area is 386 Å². The SMILES string of the molecule is COC(=O)N[C@H](C(=O)N1CCC[C@H]1c1ncc(-c2ccc(-c3ccc(-c4ccc5c(=O)[nH]c([C@@H]6CCCN6C(=O)[C@@H](NC(=O)OC)C(C)C)nc5c4)c4c3C3CC(F)(F)C3C4)cc2)[nH]1)C(C)C. The first-order chi connectivity index (χ1) is 32.1. The number of alkyl carbamates (subject to hydrolysis) is 2. The summed E-state index contributed by atoms with van der Waals surface area (Å²) in [5.74, 6) is -3.78. The predicted octanol–water partition coefficient (Wildman–Crippen LogP) is 8.03. The van der Waals surface area contributed by atoms with Gasteiger partial charge in [0.15, 0.2) is 0 Å². The number of methoxy groups -OCH3 is 2. The Morgan fingerprint density at radius 3 is 1.91 bits per heavy atom. The molecule has 352 valence electrons. The lowest BCUT2D eigenvalue weighted by molar-refractivity contribution is -0.141. The van der Waals surface area contributed by atoms with E-state index in [0.717, 1.165) is 57.5 Å². The van der Waals surface area contributed by atoms with Gasteiger partial charge in [0, 0.05) is 25.4 Å². The first-order valence-corrected chi connectivity index (χ1v) is 23.1. The van der Waals surface area contributed by atoms with E-state index in [9.17, 15) is 24.0 Å². The number of imidazole rings is 1. The van der Waals surface area contributed by atoms with E-state index in [4.69, 9.17) is 14.5 Å². The molecule has 15 nitrogen and oxygen atoms in total. The molecule has 6 atom stereocenters. The fourth-order valence-electron chi connectivity index (χ4n) is 10.7. The smallest absolute Gasteiger partial charge is 0.407 e. The molecule has 2 saturated heterocycles. The summed E-state index contributed by atoms with van der Waals surface area (Å²) in [5.41, 5.74) is 6.82. The number of aromatic nitrogens is 4. The van der Waals surface area contributed by atoms with Gasteiger partial charge >= 0.3 is 12.2 Å². The summed E-state index contributed by atoms with van der Waals surface area (Å²) < 4.78 is 40.0. The summed E-state index contributed by atoms with van der Waals surface area (Å²) in [6.45, 7) is 8.38. The van der Waals surface area contributed by atoms with E-state index < -0.39 is 42.2 Å². The van der Waals surface area contributed by atoms with Gasteiger partial charge in [-0.15, -0.1) is 0 Å². The number of alkyl halides is 2. The maximum atomic E-state index is 15.2. The third-order valence-electron chi connectivity index (χ3n) is 14.3. The van der Waals surface area contributed by atoms with Crippen molar-refractivity contribution >= 4 is 34.9 Å². The lowest BCUT2D eigenvalue weighted by Crippen LogP contribution is -2.51. The maximum Gasteiger partial charge on any atom is 0.407 e. The minimum absolute atomic E-state index is 0.155. The van der Waals surface area contributed by atoms with E-state index >= 15 is 8.78 Å². The molecule has 4 heterocycles. The van der Waals surface area contributed by atoms with Crippen LogP contribution < -0.4 is 16.2 Å². The molecular weight excluding hydrogens is 863 g/mol. The van der Waals surface area contributed by atoms with Crippen LogP contribution in [0.15, 0.2) is 65.6 Å². The topological polar surface area (TPSA) is 192 Å². The molecule has 2 aliphatic heterocycles. The number of nitrogens with one attached hydrogen (secondary N) is 4. The van der Waals surface area contributed by atoms with E-state index in [1.54, 1.807) is 22.1 Å². The largest absolute Gasteiger partial charge is 0.453 e. The number of hydrogen-bond donors (Lipinski definition) is 4. The van der Waals surface area contributed by atoms with E-state index in [-0.39, 0.29) is 54.0 Å². The summed E-state index contributed by atoms with van der Waals surface area (Å²) in [7, 11) is 2.51. The number of carbonyl (C=O) groups excluding carboxylic acids is 4. The van der Waals surface area contributed by atoms with E-state index in [2.05, 4.69) is 25.6 Å². The number of carbonyl (C=O) groups is 4. The minimum atomic E-state index is -2.79. The highest BCUT2D eigenvalue weighted by Gasteiger charge is 2.60. The van der Waals surface area contributed by atoms with Gasteiger partial charge in [-0.05, 0) is 101 Å². The van der Waals surface area contributed by atoms with Gasteiger partial charge in [-0.2, -0.15) is 0 Å². The Hall–Kier alpha value is -6.65. The summed E-state index contributed by atoms with van der Waals surface area (Å²) in [6, 6.07) is 14.9. The molecule has 17 heteroatoms. The number of likely N-dealkylation sites (tertiary alicyclic amines) is 2. The number of benzene rings is 3. The summed E-state index contributed by atoms with van der Waals surface area (Å²) >= 11 is 0. The number of nitrogens with zero attached hydrogens (tertiary/aromatic N) is 4. The molecule has 2 unspecified atom stereocenters. The number of fused-ring (bicyclic) bond motifs is 4. The van der Waals surface area contributed by atoms with Crippen LogP contribution in [-0.2, 0) is 25.5 Å². The van der Waals surface area contributed by atoms with E-state index in [0.29, 0.717) is 48.5 Å². The fraction of sp³-hybridized carbons (Fsp3) is 0.460. The highest BCUT2D eigenvalue weighted by Crippen LogP contribution is 2.62. The molecule has 5 aromatic rings. The van der Waals surface area contributed by atoms with Gasteiger partial charge in [-0.1, -0.05) is 70.2 Å². The second-order valence-corrected chi connectivity index (χ2v) is 19.0. The van der Waals surface area contributed by atoms with Crippen LogP contribution in [0.25, 0.3) is 44.4 Å². The van der Waals surface area contributed by atoms with Crippen molar-refractivity contribution < 1.29 is 37.4 Å². The van der Waals surface area contributed by atoms with Crippen LogP contribution in [-0.4, -0.2) is 99.1 Å². The van der Waals surface area contributed by atoms with Crippen molar-refractivity contribution in [2.75, 3.05) is 27.3 Å². The van der Waals surface area contributed by atoms with Crippen LogP contribution in [0, 0.1) is 17.8 Å². The van der Waals surface area contributed by atoms with Gasteiger partial charge in [0.1, 0.15) is 23.7 Å². The fourth-order valence-corrected chi connectivity index (χ4v) is 10.7. The molecule has 3 fully saturated rings. The average molecular weight is 919 g/mol. The van der Waals surface area contributed by atoms with Gasteiger partial charge in [-0.25, -0.2) is 28.3 Å². The lowest BCUT2D eigenvalue weighted by Gasteiger charge is -2.40. The van der Waals surface area contributed by atoms with Crippen molar-refractivity contribution in [3.05, 3.63) is 93.9 Å². The molecule has 4 amide bonds. The van der Waals surface area contributed by atoms with Crippen LogP contribution in [0.4, 0.5) is 18.4 Å². The van der Waals surface area contributed by atoms with E-state index in [1.165, 1.54) is 14.2 Å². The van der Waals surface area contributed by atoms with Gasteiger partial charge in [0.05, 0.1) is 49.1 Å². The van der Waals surface area contributed by atoms with Gasteiger partial charge in [-0.3, -0.25) is 14.4 Å². The van der Waals surface area contributed by atoms with Crippen molar-refractivity contribution in [2.45, 2.75) is 102 Å². The van der Waals surface area contributed by atoms with Crippen LogP contribution >= 0.6 is 0 Å².